The first-order valence-corrected chi connectivity index (χ1v) is 9.19. The van der Waals surface area contributed by atoms with Crippen LogP contribution < -0.4 is 5.32 Å². The number of halogens is 2. The second-order valence-corrected chi connectivity index (χ2v) is 7.44. The van der Waals surface area contributed by atoms with E-state index in [-0.39, 0.29) is 0 Å². The maximum absolute atomic E-state index is 10.9. The van der Waals surface area contributed by atoms with Crippen molar-refractivity contribution in [3.8, 4) is 0 Å². The van der Waals surface area contributed by atoms with Gasteiger partial charge in [-0.1, -0.05) is 47.5 Å². The van der Waals surface area contributed by atoms with E-state index < -0.39 is 0 Å². The second kappa shape index (κ2) is 7.77. The summed E-state index contributed by atoms with van der Waals surface area (Å²) in [7, 11) is 3.79. The number of hydrogen-bond acceptors (Lipinski definition) is 2. The molecule has 0 aromatic heterocycles. The predicted molar refractivity (Wildman–Crippen MR) is 103 cm³/mol. The minimum absolute atomic E-state index is 0.312. The molecule has 1 aliphatic rings. The lowest BCUT2D eigenvalue weighted by Crippen LogP contribution is -2.25. The van der Waals surface area contributed by atoms with Crippen LogP contribution in [0.25, 0.3) is 0 Å². The Morgan fingerprint density at radius 2 is 1.92 bits per heavy atom. The normalized spacial score (nSPS) is 19.4. The van der Waals surface area contributed by atoms with Crippen LogP contribution in [0, 0.1) is 0 Å². The molecular formula is C20H22Cl2N2O. The van der Waals surface area contributed by atoms with Crippen molar-refractivity contribution in [3.05, 3.63) is 68.7 Å². The van der Waals surface area contributed by atoms with Gasteiger partial charge in [0.25, 0.3) is 0 Å². The summed E-state index contributed by atoms with van der Waals surface area (Å²) in [5.41, 5.74) is 4.97. The Bertz CT molecular complexity index is 778. The predicted octanol–water partition coefficient (Wildman–Crippen LogP) is 4.77. The fourth-order valence-electron chi connectivity index (χ4n) is 3.69. The third kappa shape index (κ3) is 3.84. The largest absolute Gasteiger partial charge is 0.344 e. The van der Waals surface area contributed by atoms with E-state index in [9.17, 15) is 4.79 Å². The van der Waals surface area contributed by atoms with Gasteiger partial charge in [0.15, 0.2) is 0 Å². The Labute approximate surface area is 158 Å². The molecule has 0 fully saturated rings. The molecule has 0 heterocycles. The highest BCUT2D eigenvalue weighted by Gasteiger charge is 2.28. The van der Waals surface area contributed by atoms with Gasteiger partial charge in [-0.25, -0.2) is 0 Å². The van der Waals surface area contributed by atoms with Gasteiger partial charge in [0, 0.05) is 25.6 Å². The summed E-state index contributed by atoms with van der Waals surface area (Å²) >= 11 is 12.3. The molecule has 3 rings (SSSR count). The van der Waals surface area contributed by atoms with Crippen LogP contribution in [0.1, 0.15) is 47.1 Å². The molecule has 0 spiro atoms. The van der Waals surface area contributed by atoms with E-state index in [4.69, 9.17) is 23.2 Å². The van der Waals surface area contributed by atoms with Gasteiger partial charge in [-0.15, -0.1) is 0 Å². The number of rotatable bonds is 5. The lowest BCUT2D eigenvalue weighted by Gasteiger charge is -2.32. The lowest BCUT2D eigenvalue weighted by molar-refractivity contribution is -0.117. The second-order valence-electron chi connectivity index (χ2n) is 6.63. The molecular weight excluding hydrogens is 355 g/mol. The van der Waals surface area contributed by atoms with Crippen LogP contribution in [0.15, 0.2) is 36.4 Å². The lowest BCUT2D eigenvalue weighted by atomic mass is 9.76. The van der Waals surface area contributed by atoms with Crippen molar-refractivity contribution >= 4 is 29.6 Å². The van der Waals surface area contributed by atoms with Crippen molar-refractivity contribution in [2.45, 2.75) is 31.3 Å². The molecule has 2 unspecified atom stereocenters. The summed E-state index contributed by atoms with van der Waals surface area (Å²) in [6.07, 6.45) is 2.97. The molecule has 132 valence electrons. The Kier molecular flexibility index (Phi) is 5.67. The summed E-state index contributed by atoms with van der Waals surface area (Å²) < 4.78 is 0. The van der Waals surface area contributed by atoms with E-state index in [2.05, 4.69) is 29.6 Å². The number of benzene rings is 2. The smallest absolute Gasteiger partial charge is 0.209 e. The molecule has 0 bridgehead atoms. The molecule has 2 aromatic rings. The van der Waals surface area contributed by atoms with Crippen LogP contribution in [0.4, 0.5) is 0 Å². The average molecular weight is 377 g/mol. The summed E-state index contributed by atoms with van der Waals surface area (Å²) in [4.78, 5) is 12.6. The summed E-state index contributed by atoms with van der Waals surface area (Å²) in [5, 5.41) is 4.60. The number of fused-ring (bicyclic) bond motifs is 1. The van der Waals surface area contributed by atoms with E-state index >= 15 is 0 Å². The number of carbonyl (C=O) groups excluding carboxylic acids is 1. The minimum atomic E-state index is 0.312. The van der Waals surface area contributed by atoms with Crippen molar-refractivity contribution in [2.24, 2.45) is 0 Å². The molecule has 0 saturated carbocycles. The van der Waals surface area contributed by atoms with Gasteiger partial charge in [0.2, 0.25) is 6.41 Å². The average Bonchev–Trinajstić information content (AvgIpc) is 2.63. The van der Waals surface area contributed by atoms with E-state index in [1.807, 2.05) is 19.2 Å². The molecule has 1 N–H and O–H groups in total. The zero-order valence-corrected chi connectivity index (χ0v) is 15.9. The van der Waals surface area contributed by atoms with Crippen LogP contribution in [0.3, 0.4) is 0 Å². The van der Waals surface area contributed by atoms with Crippen molar-refractivity contribution < 1.29 is 4.79 Å². The Hall–Kier alpha value is -1.55. The van der Waals surface area contributed by atoms with Crippen LogP contribution in [0.5, 0.6) is 0 Å². The van der Waals surface area contributed by atoms with Gasteiger partial charge in [0.1, 0.15) is 0 Å². The molecule has 1 amide bonds. The Morgan fingerprint density at radius 3 is 2.60 bits per heavy atom. The van der Waals surface area contributed by atoms with Gasteiger partial charge in [-0.3, -0.25) is 4.79 Å². The third-order valence-electron chi connectivity index (χ3n) is 4.95. The van der Waals surface area contributed by atoms with Crippen molar-refractivity contribution in [1.82, 2.24) is 10.2 Å². The van der Waals surface area contributed by atoms with Gasteiger partial charge in [-0.05, 0) is 54.3 Å². The SMILES string of the molecule is CNC1CCC(c2ccc(Cl)c(Cl)c2)c2ccc(CN(C)C=O)cc21. The minimum Gasteiger partial charge on any atom is -0.344 e. The van der Waals surface area contributed by atoms with E-state index in [1.165, 1.54) is 16.7 Å². The quantitative estimate of drug-likeness (QED) is 0.762. The highest BCUT2D eigenvalue weighted by molar-refractivity contribution is 6.42. The maximum Gasteiger partial charge on any atom is 0.209 e. The molecule has 1 aliphatic carbocycles. The van der Waals surface area contributed by atoms with Gasteiger partial charge in [0.05, 0.1) is 10.0 Å². The van der Waals surface area contributed by atoms with E-state index in [0.717, 1.165) is 24.8 Å². The standard InChI is InChI=1S/C20H22Cl2N2O/c1-23-20-8-6-15(14-4-7-18(21)19(22)10-14)16-5-3-13(9-17(16)20)11-24(2)12-25/h3-5,7,9-10,12,15,20,23H,6,8,11H2,1-2H3. The highest BCUT2D eigenvalue weighted by atomic mass is 35.5. The number of carbonyl (C=O) groups is 1. The Balaban J connectivity index is 2.00. The molecule has 0 saturated heterocycles. The van der Waals surface area contributed by atoms with Crippen molar-refractivity contribution in [3.63, 3.8) is 0 Å². The third-order valence-corrected chi connectivity index (χ3v) is 5.69. The van der Waals surface area contributed by atoms with Crippen LogP contribution in [0.2, 0.25) is 10.0 Å². The van der Waals surface area contributed by atoms with Crippen LogP contribution >= 0.6 is 23.2 Å². The van der Waals surface area contributed by atoms with Crippen molar-refractivity contribution in [2.75, 3.05) is 14.1 Å². The molecule has 5 heteroatoms. The maximum atomic E-state index is 10.9. The molecule has 2 aromatic carbocycles. The fraction of sp³-hybridized carbons (Fsp3) is 0.350. The summed E-state index contributed by atoms with van der Waals surface area (Å²) in [6, 6.07) is 12.8. The molecule has 2 atom stereocenters. The first kappa shape index (κ1) is 18.2. The summed E-state index contributed by atoms with van der Waals surface area (Å²) in [6.45, 7) is 0.616. The number of nitrogens with one attached hydrogen (secondary N) is 1. The number of amides is 1. The van der Waals surface area contributed by atoms with Gasteiger partial charge < -0.3 is 10.2 Å². The fourth-order valence-corrected chi connectivity index (χ4v) is 3.99. The van der Waals surface area contributed by atoms with Crippen LogP contribution in [-0.4, -0.2) is 25.4 Å². The number of hydrogen-bond donors (Lipinski definition) is 1. The van der Waals surface area contributed by atoms with Gasteiger partial charge in [-0.2, -0.15) is 0 Å². The van der Waals surface area contributed by atoms with E-state index in [0.29, 0.717) is 28.5 Å². The molecule has 0 aliphatic heterocycles. The highest BCUT2D eigenvalue weighted by Crippen LogP contribution is 2.42. The first-order chi connectivity index (χ1) is 12.0. The number of nitrogens with zero attached hydrogens (tertiary/aromatic N) is 1. The zero-order valence-electron chi connectivity index (χ0n) is 14.4. The summed E-state index contributed by atoms with van der Waals surface area (Å²) in [5.74, 6) is 0.312. The molecule has 3 nitrogen and oxygen atoms in total. The molecule has 25 heavy (non-hydrogen) atoms. The monoisotopic (exact) mass is 376 g/mol. The zero-order chi connectivity index (χ0) is 18.0. The van der Waals surface area contributed by atoms with E-state index in [1.54, 1.807) is 11.9 Å². The molecule has 0 radical (unpaired) electrons. The Morgan fingerprint density at radius 1 is 1.12 bits per heavy atom. The first-order valence-electron chi connectivity index (χ1n) is 8.44. The van der Waals surface area contributed by atoms with Crippen LogP contribution in [-0.2, 0) is 11.3 Å². The van der Waals surface area contributed by atoms with Crippen molar-refractivity contribution in [1.29, 1.82) is 0 Å². The topological polar surface area (TPSA) is 32.3 Å². The van der Waals surface area contributed by atoms with Gasteiger partial charge >= 0.3 is 0 Å².